The average Bonchev–Trinajstić information content (AvgIpc) is 3.20. The van der Waals surface area contributed by atoms with E-state index in [9.17, 15) is 14.7 Å². The first-order chi connectivity index (χ1) is 17.2. The second-order valence-corrected chi connectivity index (χ2v) is 10.8. The molecular weight excluding hydrogens is 478 g/mol. The Kier molecular flexibility index (Phi) is 8.07. The van der Waals surface area contributed by atoms with Crippen LogP contribution in [0, 0.1) is 12.8 Å². The number of likely N-dealkylation sites (tertiary alicyclic amines) is 1. The van der Waals surface area contributed by atoms with E-state index in [4.69, 9.17) is 11.6 Å². The van der Waals surface area contributed by atoms with Gasteiger partial charge in [-0.1, -0.05) is 69.1 Å². The molecular formula is C27H38ClN5O3. The summed E-state index contributed by atoms with van der Waals surface area (Å²) in [5, 5.41) is 21.2. The van der Waals surface area contributed by atoms with Gasteiger partial charge in [-0.15, -0.1) is 0 Å². The van der Waals surface area contributed by atoms with Gasteiger partial charge in [-0.05, 0) is 37.7 Å². The van der Waals surface area contributed by atoms with Crippen molar-refractivity contribution in [1.82, 2.24) is 25.3 Å². The van der Waals surface area contributed by atoms with Crippen LogP contribution >= 0.6 is 11.6 Å². The van der Waals surface area contributed by atoms with Crippen molar-refractivity contribution >= 4 is 23.4 Å². The van der Waals surface area contributed by atoms with Crippen molar-refractivity contribution in [3.63, 3.8) is 0 Å². The second-order valence-electron chi connectivity index (χ2n) is 10.5. The molecule has 3 N–H and O–H groups in total. The third kappa shape index (κ3) is 4.78. The van der Waals surface area contributed by atoms with E-state index in [1.807, 2.05) is 39.0 Å². The molecule has 1 aromatic carbocycles. The van der Waals surface area contributed by atoms with Crippen LogP contribution in [0.2, 0.25) is 5.15 Å². The minimum atomic E-state index is -0.920. The largest absolute Gasteiger partial charge is 0.390 e. The molecule has 9 heteroatoms. The highest BCUT2D eigenvalue weighted by Crippen LogP contribution is 2.40. The third-order valence-corrected chi connectivity index (χ3v) is 8.13. The Balaban J connectivity index is 1.63. The van der Waals surface area contributed by atoms with Crippen molar-refractivity contribution in [3.8, 4) is 0 Å². The fourth-order valence-corrected chi connectivity index (χ4v) is 5.95. The zero-order valence-corrected chi connectivity index (χ0v) is 22.4. The number of carbonyl (C=O) groups excluding carboxylic acids is 2. The van der Waals surface area contributed by atoms with Crippen LogP contribution in [0.1, 0.15) is 69.3 Å². The van der Waals surface area contributed by atoms with E-state index in [-0.39, 0.29) is 23.8 Å². The Labute approximate surface area is 218 Å². The van der Waals surface area contributed by atoms with E-state index < -0.39 is 17.7 Å². The van der Waals surface area contributed by atoms with Gasteiger partial charge < -0.3 is 15.3 Å². The molecule has 196 valence electrons. The molecule has 0 saturated carbocycles. The number of aliphatic hydroxyl groups excluding tert-OH is 1. The molecule has 2 fully saturated rings. The van der Waals surface area contributed by atoms with Gasteiger partial charge >= 0.3 is 0 Å². The molecule has 2 saturated heterocycles. The number of piperazine rings is 1. The Morgan fingerprint density at radius 3 is 2.42 bits per heavy atom. The van der Waals surface area contributed by atoms with Crippen LogP contribution in [0.25, 0.3) is 0 Å². The highest BCUT2D eigenvalue weighted by Gasteiger charge is 2.55. The van der Waals surface area contributed by atoms with Gasteiger partial charge in [0.2, 0.25) is 11.8 Å². The Morgan fingerprint density at radius 1 is 1.19 bits per heavy atom. The number of aromatic amines is 1. The summed E-state index contributed by atoms with van der Waals surface area (Å²) in [7, 11) is 0. The normalized spacial score (nSPS) is 22.2. The molecule has 1 unspecified atom stereocenters. The zero-order chi connectivity index (χ0) is 26.0. The number of hydrogen-bond acceptors (Lipinski definition) is 5. The van der Waals surface area contributed by atoms with E-state index in [1.54, 1.807) is 4.90 Å². The monoisotopic (exact) mass is 515 g/mol. The number of piperidine rings is 1. The number of amides is 2. The first-order valence-corrected chi connectivity index (χ1v) is 13.4. The highest BCUT2D eigenvalue weighted by atomic mass is 35.5. The summed E-state index contributed by atoms with van der Waals surface area (Å²) >= 11 is 6.54. The fraction of sp³-hybridized carbons (Fsp3) is 0.593. The quantitative estimate of drug-likeness (QED) is 0.500. The number of carbonyl (C=O) groups is 2. The maximum atomic E-state index is 13.6. The van der Waals surface area contributed by atoms with Crippen molar-refractivity contribution in [2.75, 3.05) is 19.6 Å². The van der Waals surface area contributed by atoms with Gasteiger partial charge in [0, 0.05) is 30.9 Å². The molecule has 2 amide bonds. The van der Waals surface area contributed by atoms with E-state index >= 15 is 0 Å². The fourth-order valence-electron chi connectivity index (χ4n) is 5.67. The number of rotatable bonds is 8. The predicted molar refractivity (Wildman–Crippen MR) is 140 cm³/mol. The molecule has 2 aliphatic heterocycles. The lowest BCUT2D eigenvalue weighted by Gasteiger charge is -2.53. The minimum absolute atomic E-state index is 0.114. The molecule has 1 aromatic heterocycles. The highest BCUT2D eigenvalue weighted by molar-refractivity contribution is 6.30. The van der Waals surface area contributed by atoms with Gasteiger partial charge in [-0.25, -0.2) is 0 Å². The van der Waals surface area contributed by atoms with Crippen LogP contribution in [0.4, 0.5) is 0 Å². The topological polar surface area (TPSA) is 102 Å². The minimum Gasteiger partial charge on any atom is -0.390 e. The maximum Gasteiger partial charge on any atom is 0.248 e. The SMILES string of the molecule is CCCCN1C(=O)[C@@H]([C@H](O)C(C)C)NC(=O)C12CCN(C(c1ccccc1)c1c(Cl)n[nH]c1C)CC2. The van der Waals surface area contributed by atoms with Gasteiger partial charge in [0.05, 0.1) is 12.1 Å². The number of nitrogens with zero attached hydrogens (tertiary/aromatic N) is 3. The lowest BCUT2D eigenvalue weighted by molar-refractivity contribution is -0.165. The summed E-state index contributed by atoms with van der Waals surface area (Å²) in [6, 6.07) is 9.16. The van der Waals surface area contributed by atoms with Gasteiger partial charge in [-0.3, -0.25) is 19.6 Å². The summed E-state index contributed by atoms with van der Waals surface area (Å²) in [4.78, 5) is 31.4. The molecule has 0 radical (unpaired) electrons. The number of hydrogen-bond donors (Lipinski definition) is 3. The number of H-pyrrole nitrogens is 1. The number of unbranched alkanes of at least 4 members (excludes halogenated alkanes) is 1. The van der Waals surface area contributed by atoms with Crippen LogP contribution in [-0.2, 0) is 9.59 Å². The number of benzene rings is 1. The number of aliphatic hydroxyl groups is 1. The van der Waals surface area contributed by atoms with E-state index in [0.717, 1.165) is 29.7 Å². The molecule has 3 atom stereocenters. The van der Waals surface area contributed by atoms with Crippen LogP contribution < -0.4 is 5.32 Å². The molecule has 36 heavy (non-hydrogen) atoms. The molecule has 0 bridgehead atoms. The Bertz CT molecular complexity index is 1050. The van der Waals surface area contributed by atoms with Crippen LogP contribution in [0.15, 0.2) is 30.3 Å². The molecule has 8 nitrogen and oxygen atoms in total. The first kappa shape index (κ1) is 26.6. The molecule has 4 rings (SSSR count). The summed E-state index contributed by atoms with van der Waals surface area (Å²) in [5.74, 6) is -0.472. The van der Waals surface area contributed by atoms with Crippen LogP contribution in [0.5, 0.6) is 0 Å². The Hall–Kier alpha value is -2.42. The molecule has 2 aliphatic rings. The zero-order valence-electron chi connectivity index (χ0n) is 21.6. The summed E-state index contributed by atoms with van der Waals surface area (Å²) in [6.07, 6.45) is 1.83. The predicted octanol–water partition coefficient (Wildman–Crippen LogP) is 3.44. The maximum absolute atomic E-state index is 13.6. The van der Waals surface area contributed by atoms with Crippen molar-refractivity contribution in [1.29, 1.82) is 0 Å². The molecule has 1 spiro atoms. The first-order valence-electron chi connectivity index (χ1n) is 13.0. The van der Waals surface area contributed by atoms with Crippen molar-refractivity contribution in [3.05, 3.63) is 52.3 Å². The molecule has 0 aliphatic carbocycles. The summed E-state index contributed by atoms with van der Waals surface area (Å²) < 4.78 is 0. The number of nitrogens with one attached hydrogen (secondary N) is 2. The van der Waals surface area contributed by atoms with E-state index in [0.29, 0.717) is 37.6 Å². The van der Waals surface area contributed by atoms with Crippen molar-refractivity contribution in [2.24, 2.45) is 5.92 Å². The van der Waals surface area contributed by atoms with Gasteiger partial charge in [0.25, 0.3) is 0 Å². The Morgan fingerprint density at radius 2 is 1.86 bits per heavy atom. The van der Waals surface area contributed by atoms with Gasteiger partial charge in [0.1, 0.15) is 11.6 Å². The van der Waals surface area contributed by atoms with Crippen molar-refractivity contribution < 1.29 is 14.7 Å². The number of aromatic nitrogens is 2. The van der Waals surface area contributed by atoms with Gasteiger partial charge in [-0.2, -0.15) is 5.10 Å². The standard InChI is InChI=1S/C27H38ClN5O3/c1-5-6-14-33-25(35)21(23(34)17(2)3)29-26(36)27(33)12-15-32(16-13-27)22(19-10-8-7-9-11-19)20-18(4)30-31-24(20)28/h7-11,17,21-23,34H,5-6,12-16H2,1-4H3,(H,29,36)(H,30,31)/t21-,22?,23-/m1/s1. The van der Waals surface area contributed by atoms with E-state index in [2.05, 4.69) is 39.5 Å². The number of aryl methyl sites for hydroxylation is 1. The van der Waals surface area contributed by atoms with Crippen LogP contribution in [0.3, 0.4) is 0 Å². The second kappa shape index (κ2) is 10.9. The smallest absolute Gasteiger partial charge is 0.248 e. The average molecular weight is 516 g/mol. The van der Waals surface area contributed by atoms with Gasteiger partial charge in [0.15, 0.2) is 5.15 Å². The molecule has 2 aromatic rings. The number of halogens is 1. The lowest BCUT2D eigenvalue weighted by atomic mass is 9.79. The third-order valence-electron chi connectivity index (χ3n) is 7.84. The van der Waals surface area contributed by atoms with Crippen molar-refractivity contribution in [2.45, 2.75) is 77.1 Å². The van der Waals surface area contributed by atoms with E-state index in [1.165, 1.54) is 0 Å². The summed E-state index contributed by atoms with van der Waals surface area (Å²) in [5.41, 5.74) is 2.04. The van der Waals surface area contributed by atoms with Crippen LogP contribution in [-0.4, -0.2) is 74.2 Å². The lowest BCUT2D eigenvalue weighted by Crippen LogP contribution is -2.75. The summed E-state index contributed by atoms with van der Waals surface area (Å²) in [6.45, 7) is 9.49. The molecule has 3 heterocycles.